The molecule has 1 amide bonds. The van der Waals surface area contributed by atoms with Gasteiger partial charge in [0.1, 0.15) is 6.04 Å². The molecule has 2 rings (SSSR count). The second kappa shape index (κ2) is 6.26. The Labute approximate surface area is 125 Å². The van der Waals surface area contributed by atoms with Crippen LogP contribution in [0.2, 0.25) is 0 Å². The minimum Gasteiger partial charge on any atom is -0.480 e. The smallest absolute Gasteiger partial charge is 0.320 e. The summed E-state index contributed by atoms with van der Waals surface area (Å²) in [6.07, 6.45) is 1.44. The number of rotatable bonds is 4. The summed E-state index contributed by atoms with van der Waals surface area (Å²) >= 11 is 0. The van der Waals surface area contributed by atoms with Crippen LogP contribution < -0.4 is 5.32 Å². The zero-order valence-corrected chi connectivity index (χ0v) is 12.8. The standard InChI is InChI=1S/C16H22N2O3/c1-10-7-11(2)15(12(3)8-10)17-14(19)9-18-6-4-5-13(18)16(20)21/h7-8,13H,4-6,9H2,1-3H3,(H,17,19)(H,20,21). The molecular formula is C16H22N2O3. The average molecular weight is 290 g/mol. The van der Waals surface area contributed by atoms with Gasteiger partial charge in [0.2, 0.25) is 5.91 Å². The molecule has 1 aromatic rings. The van der Waals surface area contributed by atoms with Gasteiger partial charge in [-0.15, -0.1) is 0 Å². The van der Waals surface area contributed by atoms with Gasteiger partial charge in [-0.25, -0.2) is 0 Å². The fraction of sp³-hybridized carbons (Fsp3) is 0.500. The molecule has 0 aliphatic carbocycles. The van der Waals surface area contributed by atoms with Crippen LogP contribution in [0.3, 0.4) is 0 Å². The number of aliphatic carboxylic acids is 1. The van der Waals surface area contributed by atoms with Crippen LogP contribution in [0.5, 0.6) is 0 Å². The summed E-state index contributed by atoms with van der Waals surface area (Å²) in [7, 11) is 0. The molecule has 2 N–H and O–H groups in total. The van der Waals surface area contributed by atoms with E-state index in [1.54, 1.807) is 4.90 Å². The molecule has 21 heavy (non-hydrogen) atoms. The number of carbonyl (C=O) groups is 2. The number of carbonyl (C=O) groups excluding carboxylic acids is 1. The molecule has 1 fully saturated rings. The van der Waals surface area contributed by atoms with Crippen molar-refractivity contribution in [2.45, 2.75) is 39.7 Å². The van der Waals surface area contributed by atoms with Crippen molar-refractivity contribution in [3.63, 3.8) is 0 Å². The maximum Gasteiger partial charge on any atom is 0.320 e. The molecule has 5 nitrogen and oxygen atoms in total. The molecule has 0 saturated carbocycles. The number of carboxylic acids is 1. The minimum absolute atomic E-state index is 0.129. The summed E-state index contributed by atoms with van der Waals surface area (Å²) < 4.78 is 0. The quantitative estimate of drug-likeness (QED) is 0.891. The Morgan fingerprint density at radius 3 is 2.48 bits per heavy atom. The summed E-state index contributed by atoms with van der Waals surface area (Å²) in [5.74, 6) is -0.999. The highest BCUT2D eigenvalue weighted by molar-refractivity contribution is 5.94. The first-order chi connectivity index (χ1) is 9.88. The van der Waals surface area contributed by atoms with Gasteiger partial charge in [0.05, 0.1) is 6.54 Å². The third kappa shape index (κ3) is 3.61. The largest absolute Gasteiger partial charge is 0.480 e. The van der Waals surface area contributed by atoms with E-state index in [9.17, 15) is 9.59 Å². The van der Waals surface area contributed by atoms with Crippen molar-refractivity contribution in [1.82, 2.24) is 4.90 Å². The van der Waals surface area contributed by atoms with Crippen molar-refractivity contribution in [3.05, 3.63) is 28.8 Å². The Kier molecular flexibility index (Phi) is 4.63. The summed E-state index contributed by atoms with van der Waals surface area (Å²) in [4.78, 5) is 25.0. The summed E-state index contributed by atoms with van der Waals surface area (Å²) in [6.45, 7) is 6.74. The third-order valence-electron chi connectivity index (χ3n) is 3.94. The lowest BCUT2D eigenvalue weighted by atomic mass is 10.1. The average Bonchev–Trinajstić information content (AvgIpc) is 2.82. The molecule has 0 aromatic heterocycles. The highest BCUT2D eigenvalue weighted by Gasteiger charge is 2.31. The van der Waals surface area contributed by atoms with Gasteiger partial charge in [0.25, 0.3) is 0 Å². The molecule has 0 radical (unpaired) electrons. The fourth-order valence-corrected chi connectivity index (χ4v) is 3.04. The monoisotopic (exact) mass is 290 g/mol. The topological polar surface area (TPSA) is 69.6 Å². The van der Waals surface area contributed by atoms with Crippen molar-refractivity contribution in [3.8, 4) is 0 Å². The first-order valence-corrected chi connectivity index (χ1v) is 7.23. The summed E-state index contributed by atoms with van der Waals surface area (Å²) in [5, 5.41) is 12.1. The van der Waals surface area contributed by atoms with E-state index in [-0.39, 0.29) is 12.5 Å². The van der Waals surface area contributed by atoms with Crippen LogP contribution in [0.1, 0.15) is 29.5 Å². The van der Waals surface area contributed by atoms with E-state index in [1.165, 1.54) is 0 Å². The first-order valence-electron chi connectivity index (χ1n) is 7.23. The van der Waals surface area contributed by atoms with Gasteiger partial charge in [-0.3, -0.25) is 14.5 Å². The number of hydrogen-bond donors (Lipinski definition) is 2. The van der Waals surface area contributed by atoms with Crippen LogP contribution in [-0.4, -0.2) is 41.0 Å². The number of likely N-dealkylation sites (tertiary alicyclic amines) is 1. The van der Waals surface area contributed by atoms with E-state index in [4.69, 9.17) is 5.11 Å². The lowest BCUT2D eigenvalue weighted by Crippen LogP contribution is -2.41. The molecule has 1 saturated heterocycles. The number of amides is 1. The number of nitrogens with zero attached hydrogens (tertiary/aromatic N) is 1. The first kappa shape index (κ1) is 15.5. The predicted octanol–water partition coefficient (Wildman–Crippen LogP) is 2.10. The molecule has 1 aliphatic rings. The predicted molar refractivity (Wildman–Crippen MR) is 81.5 cm³/mol. The summed E-state index contributed by atoms with van der Waals surface area (Å²) in [6, 6.07) is 3.52. The highest BCUT2D eigenvalue weighted by Crippen LogP contribution is 2.22. The van der Waals surface area contributed by atoms with Gasteiger partial charge >= 0.3 is 5.97 Å². The van der Waals surface area contributed by atoms with Crippen LogP contribution in [0, 0.1) is 20.8 Å². The second-order valence-corrected chi connectivity index (χ2v) is 5.79. The Bertz CT molecular complexity index is 546. The lowest BCUT2D eigenvalue weighted by molar-refractivity contribution is -0.142. The number of aryl methyl sites for hydroxylation is 3. The molecule has 5 heteroatoms. The van der Waals surface area contributed by atoms with Crippen LogP contribution in [0.15, 0.2) is 12.1 Å². The van der Waals surface area contributed by atoms with Crippen molar-refractivity contribution < 1.29 is 14.7 Å². The van der Waals surface area contributed by atoms with Crippen molar-refractivity contribution in [2.75, 3.05) is 18.4 Å². The van der Waals surface area contributed by atoms with Crippen LogP contribution in [-0.2, 0) is 9.59 Å². The Hall–Kier alpha value is -1.88. The molecule has 1 aliphatic heterocycles. The summed E-state index contributed by atoms with van der Waals surface area (Å²) in [5.41, 5.74) is 4.04. The van der Waals surface area contributed by atoms with Gasteiger partial charge in [0.15, 0.2) is 0 Å². The lowest BCUT2D eigenvalue weighted by Gasteiger charge is -2.21. The molecular weight excluding hydrogens is 268 g/mol. The zero-order valence-electron chi connectivity index (χ0n) is 12.8. The highest BCUT2D eigenvalue weighted by atomic mass is 16.4. The second-order valence-electron chi connectivity index (χ2n) is 5.79. The van der Waals surface area contributed by atoms with Gasteiger partial charge in [-0.2, -0.15) is 0 Å². The Balaban J connectivity index is 2.04. The van der Waals surface area contributed by atoms with E-state index in [0.29, 0.717) is 13.0 Å². The number of benzene rings is 1. The molecule has 1 atom stereocenters. The molecule has 0 spiro atoms. The van der Waals surface area contributed by atoms with E-state index in [0.717, 1.165) is 28.8 Å². The van der Waals surface area contributed by atoms with E-state index in [1.807, 2.05) is 32.9 Å². The van der Waals surface area contributed by atoms with Gasteiger partial charge in [-0.1, -0.05) is 17.7 Å². The van der Waals surface area contributed by atoms with E-state index in [2.05, 4.69) is 5.32 Å². The van der Waals surface area contributed by atoms with E-state index < -0.39 is 12.0 Å². The molecule has 1 aromatic carbocycles. The SMILES string of the molecule is Cc1cc(C)c(NC(=O)CN2CCCC2C(=O)O)c(C)c1. The van der Waals surface area contributed by atoms with Crippen LogP contribution in [0.4, 0.5) is 5.69 Å². The number of anilines is 1. The minimum atomic E-state index is -0.844. The molecule has 0 bridgehead atoms. The molecule has 1 unspecified atom stereocenters. The van der Waals surface area contributed by atoms with Crippen molar-refractivity contribution in [1.29, 1.82) is 0 Å². The maximum atomic E-state index is 12.2. The fourth-order valence-electron chi connectivity index (χ4n) is 3.04. The van der Waals surface area contributed by atoms with Crippen LogP contribution in [0.25, 0.3) is 0 Å². The van der Waals surface area contributed by atoms with Gasteiger partial charge < -0.3 is 10.4 Å². The number of nitrogens with one attached hydrogen (secondary N) is 1. The molecule has 1 heterocycles. The van der Waals surface area contributed by atoms with Gasteiger partial charge in [-0.05, 0) is 51.3 Å². The Morgan fingerprint density at radius 2 is 1.90 bits per heavy atom. The number of hydrogen-bond acceptors (Lipinski definition) is 3. The Morgan fingerprint density at radius 1 is 1.29 bits per heavy atom. The maximum absolute atomic E-state index is 12.2. The van der Waals surface area contributed by atoms with Crippen molar-refractivity contribution in [2.24, 2.45) is 0 Å². The van der Waals surface area contributed by atoms with Crippen molar-refractivity contribution >= 4 is 17.6 Å². The third-order valence-corrected chi connectivity index (χ3v) is 3.94. The molecule has 114 valence electrons. The number of carboxylic acid groups (broad SMARTS) is 1. The normalized spacial score (nSPS) is 18.7. The van der Waals surface area contributed by atoms with E-state index >= 15 is 0 Å². The van der Waals surface area contributed by atoms with Crippen LogP contribution >= 0.6 is 0 Å². The zero-order chi connectivity index (χ0) is 15.6. The van der Waals surface area contributed by atoms with Gasteiger partial charge in [0, 0.05) is 5.69 Å².